The first-order valence-electron chi connectivity index (χ1n) is 11.3. The number of guanidine groups is 1. The molecule has 184 valence electrons. The summed E-state index contributed by atoms with van der Waals surface area (Å²) >= 11 is 0. The highest BCUT2D eigenvalue weighted by Gasteiger charge is 2.32. The number of carbonyl (C=O) groups is 1. The molecule has 1 aliphatic rings. The van der Waals surface area contributed by atoms with Crippen molar-refractivity contribution in [3.05, 3.63) is 65.5 Å². The van der Waals surface area contributed by atoms with E-state index in [1.54, 1.807) is 42.9 Å². The molecular weight excluding hydrogens is 459 g/mol. The number of anilines is 1. The normalized spacial score (nSPS) is 15.0. The van der Waals surface area contributed by atoms with Crippen LogP contribution in [0.2, 0.25) is 0 Å². The molecule has 1 heterocycles. The van der Waals surface area contributed by atoms with Crippen LogP contribution in [0.25, 0.3) is 5.57 Å². The predicted molar refractivity (Wildman–Crippen MR) is 126 cm³/mol. The van der Waals surface area contributed by atoms with Crippen LogP contribution in [0.4, 0.5) is 18.9 Å². The van der Waals surface area contributed by atoms with Gasteiger partial charge >= 0.3 is 12.1 Å². The molecule has 1 aromatic carbocycles. The van der Waals surface area contributed by atoms with Crippen molar-refractivity contribution in [1.82, 2.24) is 10.3 Å². The fourth-order valence-corrected chi connectivity index (χ4v) is 3.99. The van der Waals surface area contributed by atoms with E-state index in [0.29, 0.717) is 24.0 Å². The number of aromatic nitrogens is 1. The number of pyridine rings is 1. The molecule has 0 bridgehead atoms. The average Bonchev–Trinajstić information content (AvgIpc) is 3.32. The van der Waals surface area contributed by atoms with Crippen LogP contribution in [0.1, 0.15) is 61.6 Å². The second kappa shape index (κ2) is 12.0. The number of benzene rings is 1. The summed E-state index contributed by atoms with van der Waals surface area (Å²) in [5.41, 5.74) is 0.635. The predicted octanol–water partition coefficient (Wildman–Crippen LogP) is 5.57. The lowest BCUT2D eigenvalue weighted by atomic mass is 9.95. The molecule has 2 aromatic rings. The number of allylic oxidation sites excluding steroid dienone is 1. The topological polar surface area (TPSA) is 110 Å². The Bertz CT molecular complexity index is 1120. The zero-order valence-electron chi connectivity index (χ0n) is 19.0. The van der Waals surface area contributed by atoms with Crippen LogP contribution in [-0.4, -0.2) is 28.1 Å². The third kappa shape index (κ3) is 7.84. The second-order valence-corrected chi connectivity index (χ2v) is 8.25. The first-order valence-corrected chi connectivity index (χ1v) is 11.3. The van der Waals surface area contributed by atoms with E-state index in [1.165, 1.54) is 0 Å². The second-order valence-electron chi connectivity index (χ2n) is 8.25. The van der Waals surface area contributed by atoms with Gasteiger partial charge < -0.3 is 15.7 Å². The smallest absolute Gasteiger partial charge is 0.416 e. The van der Waals surface area contributed by atoms with Gasteiger partial charge in [0.15, 0.2) is 0 Å². The number of nitriles is 1. The van der Waals surface area contributed by atoms with E-state index in [4.69, 9.17) is 10.4 Å². The van der Waals surface area contributed by atoms with Gasteiger partial charge in [-0.3, -0.25) is 9.78 Å². The minimum atomic E-state index is -4.61. The largest absolute Gasteiger partial charge is 0.481 e. The van der Waals surface area contributed by atoms with Gasteiger partial charge in [0, 0.05) is 36.1 Å². The third-order valence-electron chi connectivity index (χ3n) is 5.61. The van der Waals surface area contributed by atoms with Crippen molar-refractivity contribution in [3.63, 3.8) is 0 Å². The number of carboxylic acids is 1. The Kier molecular flexibility index (Phi) is 8.84. The Labute approximate surface area is 201 Å². The van der Waals surface area contributed by atoms with Crippen LogP contribution in [-0.2, 0) is 11.0 Å². The molecule has 0 saturated heterocycles. The number of aliphatic imine (C=N–C) groups is 1. The van der Waals surface area contributed by atoms with Gasteiger partial charge in [0.25, 0.3) is 0 Å². The zero-order chi connectivity index (χ0) is 25.3. The molecule has 1 aromatic heterocycles. The molecule has 0 aliphatic heterocycles. The standard InChI is InChI=1S/C25H26F3N5O2/c26-25(27,28)19-12-18(22(9-3-4-10-23(34)35)17-6-5-11-30-15-17)13-21(14-19)33-24(31-16-29)32-20-7-1-2-8-20/h5-6,9,11-15,20H,1-4,7-8,10H2,(H,34,35)(H2,31,32,33)/b22-9-. The molecule has 35 heavy (non-hydrogen) atoms. The Balaban J connectivity index is 2.00. The summed E-state index contributed by atoms with van der Waals surface area (Å²) in [4.78, 5) is 18.7. The number of alkyl halides is 3. The molecule has 0 spiro atoms. The van der Waals surface area contributed by atoms with Crippen molar-refractivity contribution in [1.29, 1.82) is 5.26 Å². The number of hydrogen-bond donors (Lipinski definition) is 3. The molecule has 10 heteroatoms. The molecule has 1 fully saturated rings. The molecule has 3 N–H and O–H groups in total. The zero-order valence-corrected chi connectivity index (χ0v) is 19.0. The summed E-state index contributed by atoms with van der Waals surface area (Å²) in [5.74, 6) is -0.844. The van der Waals surface area contributed by atoms with E-state index < -0.39 is 17.7 Å². The van der Waals surface area contributed by atoms with Crippen LogP contribution >= 0.6 is 0 Å². The Hall–Kier alpha value is -3.87. The lowest BCUT2D eigenvalue weighted by Gasteiger charge is -2.19. The molecule has 0 atom stereocenters. The maximum absolute atomic E-state index is 13.8. The maximum atomic E-state index is 13.8. The van der Waals surface area contributed by atoms with Crippen LogP contribution in [0, 0.1) is 11.5 Å². The Morgan fingerprint density at radius 3 is 2.66 bits per heavy atom. The lowest BCUT2D eigenvalue weighted by molar-refractivity contribution is -0.138. The van der Waals surface area contributed by atoms with Crippen LogP contribution in [0.15, 0.2) is 53.8 Å². The molecule has 0 amide bonds. The van der Waals surface area contributed by atoms with Gasteiger partial charge in [-0.15, -0.1) is 4.99 Å². The number of halogens is 3. The van der Waals surface area contributed by atoms with Crippen molar-refractivity contribution < 1.29 is 23.1 Å². The minimum Gasteiger partial charge on any atom is -0.481 e. The quantitative estimate of drug-likeness (QED) is 0.195. The van der Waals surface area contributed by atoms with Gasteiger partial charge in [-0.05, 0) is 61.1 Å². The highest BCUT2D eigenvalue weighted by Crippen LogP contribution is 2.35. The van der Waals surface area contributed by atoms with Crippen LogP contribution in [0.5, 0.6) is 0 Å². The number of aliphatic carboxylic acids is 1. The number of unbranched alkanes of at least 4 members (excludes halogenated alkanes) is 1. The van der Waals surface area contributed by atoms with Crippen molar-refractivity contribution in [2.75, 3.05) is 5.32 Å². The molecule has 1 aliphatic carbocycles. The first kappa shape index (κ1) is 25.7. The van der Waals surface area contributed by atoms with E-state index in [1.807, 2.05) is 0 Å². The lowest BCUT2D eigenvalue weighted by Crippen LogP contribution is -2.37. The summed E-state index contributed by atoms with van der Waals surface area (Å²) in [6.07, 6.45) is 6.41. The maximum Gasteiger partial charge on any atom is 0.416 e. The summed E-state index contributed by atoms with van der Waals surface area (Å²) in [6.45, 7) is 0. The third-order valence-corrected chi connectivity index (χ3v) is 5.61. The van der Waals surface area contributed by atoms with Crippen molar-refractivity contribution >= 4 is 23.2 Å². The molecular formula is C25H26F3N5O2. The fourth-order valence-electron chi connectivity index (χ4n) is 3.99. The fraction of sp³-hybridized carbons (Fsp3) is 0.360. The highest BCUT2D eigenvalue weighted by molar-refractivity contribution is 5.95. The van der Waals surface area contributed by atoms with E-state index in [9.17, 15) is 18.0 Å². The van der Waals surface area contributed by atoms with Crippen molar-refractivity contribution in [3.8, 4) is 6.19 Å². The van der Waals surface area contributed by atoms with Crippen LogP contribution < -0.4 is 10.6 Å². The van der Waals surface area contributed by atoms with E-state index in [-0.39, 0.29) is 29.7 Å². The number of hydrogen-bond acceptors (Lipinski definition) is 4. The molecule has 3 rings (SSSR count). The number of rotatable bonds is 8. The van der Waals surface area contributed by atoms with Gasteiger partial charge in [-0.1, -0.05) is 25.0 Å². The van der Waals surface area contributed by atoms with E-state index in [0.717, 1.165) is 37.8 Å². The molecule has 0 unspecified atom stereocenters. The Morgan fingerprint density at radius 2 is 2.03 bits per heavy atom. The molecule has 7 nitrogen and oxygen atoms in total. The summed E-state index contributed by atoms with van der Waals surface area (Å²) in [7, 11) is 0. The molecule has 1 saturated carbocycles. The number of nitrogens with one attached hydrogen (secondary N) is 2. The van der Waals surface area contributed by atoms with Gasteiger partial charge in [-0.25, -0.2) is 0 Å². The van der Waals surface area contributed by atoms with Crippen molar-refractivity contribution in [2.24, 2.45) is 4.99 Å². The Morgan fingerprint density at radius 1 is 1.26 bits per heavy atom. The van der Waals surface area contributed by atoms with E-state index >= 15 is 0 Å². The van der Waals surface area contributed by atoms with E-state index in [2.05, 4.69) is 20.6 Å². The summed E-state index contributed by atoms with van der Waals surface area (Å²) in [6, 6.07) is 7.07. The number of carboxylic acid groups (broad SMARTS) is 1. The van der Waals surface area contributed by atoms with Gasteiger partial charge in [0.05, 0.1) is 5.56 Å². The van der Waals surface area contributed by atoms with Gasteiger partial charge in [-0.2, -0.15) is 18.4 Å². The SMILES string of the molecule is N#C/N=C(\Nc1cc(/C(=C\CCCC(=O)O)c2cccnc2)cc(C(F)(F)F)c1)NC1CCCC1. The minimum absolute atomic E-state index is 0.0486. The monoisotopic (exact) mass is 485 g/mol. The number of nitrogens with zero attached hydrogens (tertiary/aromatic N) is 3. The van der Waals surface area contributed by atoms with Gasteiger partial charge in [0.2, 0.25) is 12.2 Å². The van der Waals surface area contributed by atoms with Crippen LogP contribution in [0.3, 0.4) is 0 Å². The summed E-state index contributed by atoms with van der Waals surface area (Å²) in [5, 5.41) is 23.9. The first-order chi connectivity index (χ1) is 16.8. The van der Waals surface area contributed by atoms with Gasteiger partial charge in [0.1, 0.15) is 0 Å². The highest BCUT2D eigenvalue weighted by atomic mass is 19.4. The van der Waals surface area contributed by atoms with Crippen molar-refractivity contribution in [2.45, 2.75) is 57.2 Å². The summed E-state index contributed by atoms with van der Waals surface area (Å²) < 4.78 is 41.4. The molecule has 0 radical (unpaired) electrons. The average molecular weight is 486 g/mol.